The first-order valence-electron chi connectivity index (χ1n) is 13.5. The number of amides is 2. The highest BCUT2D eigenvalue weighted by Gasteiger charge is 2.22. The molecule has 1 fully saturated rings. The number of anilines is 2. The van der Waals surface area contributed by atoms with Crippen LogP contribution in [0.3, 0.4) is 0 Å². The van der Waals surface area contributed by atoms with Crippen molar-refractivity contribution in [2.75, 3.05) is 44.0 Å². The van der Waals surface area contributed by atoms with Gasteiger partial charge in [-0.25, -0.2) is 4.79 Å². The Labute approximate surface area is 226 Å². The van der Waals surface area contributed by atoms with E-state index in [1.807, 2.05) is 48.5 Å². The molecule has 0 aliphatic carbocycles. The molecule has 3 aromatic carbocycles. The highest BCUT2D eigenvalue weighted by atomic mass is 16.5. The van der Waals surface area contributed by atoms with E-state index in [2.05, 4.69) is 56.2 Å². The second-order valence-electron chi connectivity index (χ2n) is 10.8. The van der Waals surface area contributed by atoms with Crippen LogP contribution in [-0.4, -0.2) is 56.5 Å². The number of hydrogen-bond donors (Lipinski definition) is 2. The summed E-state index contributed by atoms with van der Waals surface area (Å²) in [5.41, 5.74) is 2.48. The maximum Gasteiger partial charge on any atom is 0.323 e. The number of nitrogens with one attached hydrogen (secondary N) is 2. The first kappa shape index (κ1) is 27.7. The second-order valence-corrected chi connectivity index (χ2v) is 10.8. The molecular formula is C31H41N3O4. The van der Waals surface area contributed by atoms with Crippen LogP contribution < -0.4 is 20.1 Å². The Bertz CT molecular complexity index is 1250. The number of nitrogens with zero attached hydrogens (tertiary/aromatic N) is 1. The van der Waals surface area contributed by atoms with Crippen molar-refractivity contribution in [2.24, 2.45) is 0 Å². The maximum atomic E-state index is 13.1. The number of morpholine rings is 1. The fourth-order valence-corrected chi connectivity index (χ4v) is 4.96. The van der Waals surface area contributed by atoms with Gasteiger partial charge in [0.25, 0.3) is 0 Å². The van der Waals surface area contributed by atoms with Gasteiger partial charge in [0, 0.05) is 30.4 Å². The predicted octanol–water partition coefficient (Wildman–Crippen LogP) is 6.67. The molecule has 1 aliphatic heterocycles. The summed E-state index contributed by atoms with van der Waals surface area (Å²) in [5, 5.41) is 7.87. The van der Waals surface area contributed by atoms with Crippen molar-refractivity contribution in [1.29, 1.82) is 0 Å². The summed E-state index contributed by atoms with van der Waals surface area (Å²) >= 11 is 0. The third kappa shape index (κ3) is 6.58. The van der Waals surface area contributed by atoms with E-state index in [9.17, 15) is 4.79 Å². The lowest BCUT2D eigenvalue weighted by Gasteiger charge is -2.35. The van der Waals surface area contributed by atoms with Gasteiger partial charge in [-0.2, -0.15) is 0 Å². The maximum absolute atomic E-state index is 13.1. The summed E-state index contributed by atoms with van der Waals surface area (Å²) in [7, 11) is 1.61. The van der Waals surface area contributed by atoms with Crippen LogP contribution in [0.4, 0.5) is 16.2 Å². The Morgan fingerprint density at radius 1 is 0.974 bits per heavy atom. The lowest BCUT2D eigenvalue weighted by molar-refractivity contribution is -0.0699. The highest BCUT2D eigenvalue weighted by molar-refractivity contribution is 6.08. The Hall–Kier alpha value is -3.29. The molecule has 204 valence electrons. The lowest BCUT2D eigenvalue weighted by atomic mass is 9.82. The van der Waals surface area contributed by atoms with Crippen LogP contribution in [0.5, 0.6) is 11.5 Å². The summed E-state index contributed by atoms with van der Waals surface area (Å²) in [4.78, 5) is 15.5. The molecule has 0 spiro atoms. The molecule has 0 unspecified atom stereocenters. The Kier molecular flexibility index (Phi) is 8.80. The van der Waals surface area contributed by atoms with Crippen molar-refractivity contribution in [3.8, 4) is 11.5 Å². The highest BCUT2D eigenvalue weighted by Crippen LogP contribution is 2.35. The van der Waals surface area contributed by atoms with E-state index >= 15 is 0 Å². The van der Waals surface area contributed by atoms with Crippen molar-refractivity contribution in [3.63, 3.8) is 0 Å². The fraction of sp³-hybridized carbons (Fsp3) is 0.452. The van der Waals surface area contributed by atoms with Gasteiger partial charge < -0.3 is 24.8 Å². The third-order valence-electron chi connectivity index (χ3n) is 7.41. The summed E-state index contributed by atoms with van der Waals surface area (Å²) in [6.45, 7) is 14.0. The van der Waals surface area contributed by atoms with Crippen LogP contribution >= 0.6 is 0 Å². The van der Waals surface area contributed by atoms with Gasteiger partial charge in [-0.05, 0) is 55.5 Å². The SMILES string of the molecule is CCC(C)(C)c1ccc(OC)c(NC(=O)Nc2ccc(OCCN3C[C@@H](C)O[C@@H](C)C3)c3ccccc23)c1. The molecular weight excluding hydrogens is 478 g/mol. The van der Waals surface area contributed by atoms with Gasteiger partial charge in [0.2, 0.25) is 0 Å². The van der Waals surface area contributed by atoms with Gasteiger partial charge in [-0.1, -0.05) is 51.1 Å². The lowest BCUT2D eigenvalue weighted by Crippen LogP contribution is -2.46. The molecule has 4 rings (SSSR count). The molecule has 1 heterocycles. The van der Waals surface area contributed by atoms with Gasteiger partial charge in [0.05, 0.1) is 30.7 Å². The zero-order valence-corrected chi connectivity index (χ0v) is 23.5. The summed E-state index contributed by atoms with van der Waals surface area (Å²) < 4.78 is 17.5. The molecule has 2 N–H and O–H groups in total. The monoisotopic (exact) mass is 519 g/mol. The van der Waals surface area contributed by atoms with E-state index < -0.39 is 0 Å². The van der Waals surface area contributed by atoms with Crippen molar-refractivity contribution in [1.82, 2.24) is 4.90 Å². The standard InChI is InChI=1S/C31H41N3O4/c1-7-31(4,5)23-12-14-29(36-6)27(18-23)33-30(35)32-26-13-15-28(25-11-9-8-10-24(25)26)37-17-16-34-19-21(2)38-22(3)20-34/h8-15,18,21-22H,7,16-17,19-20H2,1-6H3,(H2,32,33,35)/t21-,22+. The molecule has 0 radical (unpaired) electrons. The Morgan fingerprint density at radius 3 is 2.32 bits per heavy atom. The van der Waals surface area contributed by atoms with Crippen LogP contribution in [-0.2, 0) is 10.2 Å². The van der Waals surface area contributed by atoms with Gasteiger partial charge in [0.15, 0.2) is 0 Å². The van der Waals surface area contributed by atoms with Crippen molar-refractivity contribution < 1.29 is 19.0 Å². The van der Waals surface area contributed by atoms with E-state index in [1.165, 1.54) is 0 Å². The summed E-state index contributed by atoms with van der Waals surface area (Å²) in [6.07, 6.45) is 1.45. The van der Waals surface area contributed by atoms with Crippen molar-refractivity contribution in [3.05, 3.63) is 60.2 Å². The van der Waals surface area contributed by atoms with E-state index in [-0.39, 0.29) is 23.7 Å². The molecule has 7 heteroatoms. The average molecular weight is 520 g/mol. The first-order valence-corrected chi connectivity index (χ1v) is 13.5. The smallest absolute Gasteiger partial charge is 0.323 e. The normalized spacial score (nSPS) is 18.3. The van der Waals surface area contributed by atoms with E-state index in [0.717, 1.165) is 48.1 Å². The molecule has 38 heavy (non-hydrogen) atoms. The van der Waals surface area contributed by atoms with Crippen LogP contribution in [0.2, 0.25) is 0 Å². The fourth-order valence-electron chi connectivity index (χ4n) is 4.96. The minimum atomic E-state index is -0.330. The zero-order chi connectivity index (χ0) is 27.3. The first-order chi connectivity index (χ1) is 18.2. The average Bonchev–Trinajstić information content (AvgIpc) is 2.89. The van der Waals surface area contributed by atoms with Gasteiger partial charge in [0.1, 0.15) is 18.1 Å². The number of benzene rings is 3. The minimum Gasteiger partial charge on any atom is -0.495 e. The molecule has 0 aromatic heterocycles. The van der Waals surface area contributed by atoms with Crippen LogP contribution in [0.25, 0.3) is 10.8 Å². The predicted molar refractivity (Wildman–Crippen MR) is 155 cm³/mol. The second kappa shape index (κ2) is 12.0. The summed E-state index contributed by atoms with van der Waals surface area (Å²) in [6, 6.07) is 17.4. The van der Waals surface area contributed by atoms with E-state index in [1.54, 1.807) is 7.11 Å². The van der Waals surface area contributed by atoms with E-state index in [0.29, 0.717) is 23.7 Å². The van der Waals surface area contributed by atoms with Crippen molar-refractivity contribution in [2.45, 2.75) is 58.7 Å². The molecule has 0 bridgehead atoms. The molecule has 7 nitrogen and oxygen atoms in total. The quantitative estimate of drug-likeness (QED) is 0.330. The van der Waals surface area contributed by atoms with Crippen LogP contribution in [0.15, 0.2) is 54.6 Å². The number of hydrogen-bond acceptors (Lipinski definition) is 5. The number of urea groups is 1. The van der Waals surface area contributed by atoms with E-state index in [4.69, 9.17) is 14.2 Å². The van der Waals surface area contributed by atoms with Gasteiger partial charge in [-0.15, -0.1) is 0 Å². The van der Waals surface area contributed by atoms with Crippen LogP contribution in [0, 0.1) is 0 Å². The molecule has 2 atom stereocenters. The molecule has 1 saturated heterocycles. The van der Waals surface area contributed by atoms with Gasteiger partial charge in [-0.3, -0.25) is 4.90 Å². The van der Waals surface area contributed by atoms with Crippen molar-refractivity contribution >= 4 is 28.2 Å². The largest absolute Gasteiger partial charge is 0.495 e. The topological polar surface area (TPSA) is 72.1 Å². The number of carbonyl (C=O) groups is 1. The molecule has 0 saturated carbocycles. The number of ether oxygens (including phenoxy) is 3. The van der Waals surface area contributed by atoms with Crippen LogP contribution in [0.1, 0.15) is 46.6 Å². The number of rotatable bonds is 9. The third-order valence-corrected chi connectivity index (χ3v) is 7.41. The molecule has 2 amide bonds. The molecule has 3 aromatic rings. The minimum absolute atomic E-state index is 0.0104. The molecule has 1 aliphatic rings. The van der Waals surface area contributed by atoms with Gasteiger partial charge >= 0.3 is 6.03 Å². The Morgan fingerprint density at radius 2 is 1.63 bits per heavy atom. The number of fused-ring (bicyclic) bond motifs is 1. The Balaban J connectivity index is 1.46. The zero-order valence-electron chi connectivity index (χ0n) is 23.5. The number of carbonyl (C=O) groups excluding carboxylic acids is 1. The summed E-state index contributed by atoms with van der Waals surface area (Å²) in [5.74, 6) is 1.42. The number of methoxy groups -OCH3 is 1.